The first-order valence-corrected chi connectivity index (χ1v) is 6.76. The smallest absolute Gasteiger partial charge is 0.337 e. The third-order valence-electron chi connectivity index (χ3n) is 2.61. The molecule has 0 unspecified atom stereocenters. The second kappa shape index (κ2) is 6.21. The zero-order valence-electron chi connectivity index (χ0n) is 10.4. The van der Waals surface area contributed by atoms with Gasteiger partial charge >= 0.3 is 5.97 Å². The van der Waals surface area contributed by atoms with Crippen LogP contribution in [0.5, 0.6) is 0 Å². The Hall–Kier alpha value is -2.34. The number of hydrogen-bond acceptors (Lipinski definition) is 4. The molecular weight excluding hydrogens is 276 g/mol. The van der Waals surface area contributed by atoms with Gasteiger partial charge in [0.15, 0.2) is 0 Å². The van der Waals surface area contributed by atoms with Crippen molar-refractivity contribution in [1.29, 1.82) is 0 Å². The van der Waals surface area contributed by atoms with Gasteiger partial charge in [0.25, 0.3) is 0 Å². The molecular formula is C14H12N2O3S. The van der Waals surface area contributed by atoms with Gasteiger partial charge < -0.3 is 10.8 Å². The van der Waals surface area contributed by atoms with Crippen molar-refractivity contribution in [3.8, 4) is 0 Å². The van der Waals surface area contributed by atoms with Crippen molar-refractivity contribution >= 4 is 23.6 Å². The standard InChI is InChI=1S/C14H12N2O3S/c15-13(17)10-3-1-9(2-4-10)8-20-12-6-5-11(7-16-12)14(18)19/h1-7H,8H2,(H2,15,17)(H,18,19). The van der Waals surface area contributed by atoms with Gasteiger partial charge in [0.2, 0.25) is 5.91 Å². The first kappa shape index (κ1) is 14.1. The van der Waals surface area contributed by atoms with Crippen molar-refractivity contribution in [3.63, 3.8) is 0 Å². The van der Waals surface area contributed by atoms with E-state index in [0.717, 1.165) is 10.6 Å². The maximum atomic E-state index is 10.9. The highest BCUT2D eigenvalue weighted by Gasteiger charge is 2.04. The fourth-order valence-electron chi connectivity index (χ4n) is 1.51. The van der Waals surface area contributed by atoms with Gasteiger partial charge in [-0.25, -0.2) is 9.78 Å². The van der Waals surface area contributed by atoms with Gasteiger partial charge in [-0.3, -0.25) is 4.79 Å². The molecule has 0 saturated carbocycles. The summed E-state index contributed by atoms with van der Waals surface area (Å²) in [5.41, 5.74) is 6.84. The number of carbonyl (C=O) groups excluding carboxylic acids is 1. The average molecular weight is 288 g/mol. The Morgan fingerprint density at radius 1 is 1.10 bits per heavy atom. The van der Waals surface area contributed by atoms with E-state index in [-0.39, 0.29) is 5.56 Å². The SMILES string of the molecule is NC(=O)c1ccc(CSc2ccc(C(=O)O)cn2)cc1. The second-order valence-corrected chi connectivity index (χ2v) is 5.04. The van der Waals surface area contributed by atoms with Gasteiger partial charge in [-0.15, -0.1) is 11.8 Å². The zero-order chi connectivity index (χ0) is 14.5. The maximum Gasteiger partial charge on any atom is 0.337 e. The molecule has 0 radical (unpaired) electrons. The van der Waals surface area contributed by atoms with Crippen molar-refractivity contribution in [2.45, 2.75) is 10.8 Å². The third kappa shape index (κ3) is 3.58. The van der Waals surface area contributed by atoms with Crippen LogP contribution in [-0.2, 0) is 5.75 Å². The number of amides is 1. The first-order chi connectivity index (χ1) is 9.56. The Morgan fingerprint density at radius 2 is 1.75 bits per heavy atom. The third-order valence-corrected chi connectivity index (χ3v) is 3.62. The van der Waals surface area contributed by atoms with Gasteiger partial charge in [0, 0.05) is 17.5 Å². The van der Waals surface area contributed by atoms with Crippen molar-refractivity contribution in [2.24, 2.45) is 5.73 Å². The molecule has 6 heteroatoms. The van der Waals surface area contributed by atoms with Crippen molar-refractivity contribution in [1.82, 2.24) is 4.98 Å². The largest absolute Gasteiger partial charge is 0.478 e. The van der Waals surface area contributed by atoms with E-state index in [1.807, 2.05) is 12.1 Å². The van der Waals surface area contributed by atoms with Crippen molar-refractivity contribution in [2.75, 3.05) is 0 Å². The minimum absolute atomic E-state index is 0.167. The molecule has 1 aromatic carbocycles. The summed E-state index contributed by atoms with van der Waals surface area (Å²) >= 11 is 1.49. The van der Waals surface area contributed by atoms with E-state index in [9.17, 15) is 9.59 Å². The summed E-state index contributed by atoms with van der Waals surface area (Å²) in [6, 6.07) is 10.2. The number of rotatable bonds is 5. The Balaban J connectivity index is 1.97. The van der Waals surface area contributed by atoms with Gasteiger partial charge in [-0.1, -0.05) is 12.1 Å². The van der Waals surface area contributed by atoms with Crippen LogP contribution in [0.2, 0.25) is 0 Å². The molecule has 102 valence electrons. The lowest BCUT2D eigenvalue weighted by atomic mass is 10.1. The van der Waals surface area contributed by atoms with Crippen LogP contribution in [0.25, 0.3) is 0 Å². The highest BCUT2D eigenvalue weighted by Crippen LogP contribution is 2.21. The Morgan fingerprint density at radius 3 is 2.25 bits per heavy atom. The molecule has 0 fully saturated rings. The molecule has 2 rings (SSSR count). The zero-order valence-corrected chi connectivity index (χ0v) is 11.3. The molecule has 0 aliphatic carbocycles. The van der Waals surface area contributed by atoms with E-state index in [1.54, 1.807) is 18.2 Å². The van der Waals surface area contributed by atoms with E-state index in [0.29, 0.717) is 11.3 Å². The lowest BCUT2D eigenvalue weighted by molar-refractivity contribution is 0.0696. The summed E-state index contributed by atoms with van der Waals surface area (Å²) in [4.78, 5) is 25.7. The van der Waals surface area contributed by atoms with Gasteiger partial charge in [-0.05, 0) is 29.8 Å². The molecule has 0 atom stereocenters. The highest BCUT2D eigenvalue weighted by molar-refractivity contribution is 7.98. The van der Waals surface area contributed by atoms with Crippen LogP contribution in [0.1, 0.15) is 26.3 Å². The molecule has 0 saturated heterocycles. The van der Waals surface area contributed by atoms with Crippen LogP contribution in [0.4, 0.5) is 0 Å². The summed E-state index contributed by atoms with van der Waals surface area (Å²) in [5, 5.41) is 9.51. The second-order valence-electron chi connectivity index (χ2n) is 4.04. The lowest BCUT2D eigenvalue weighted by Gasteiger charge is -2.03. The summed E-state index contributed by atoms with van der Waals surface area (Å²) in [5.74, 6) is -0.760. The maximum absolute atomic E-state index is 10.9. The monoisotopic (exact) mass is 288 g/mol. The number of hydrogen-bond donors (Lipinski definition) is 2. The van der Waals surface area contributed by atoms with Crippen LogP contribution in [0, 0.1) is 0 Å². The van der Waals surface area contributed by atoms with E-state index in [2.05, 4.69) is 4.98 Å². The number of benzene rings is 1. The summed E-state index contributed by atoms with van der Waals surface area (Å²) in [7, 11) is 0. The minimum atomic E-state index is -0.990. The first-order valence-electron chi connectivity index (χ1n) is 5.77. The lowest BCUT2D eigenvalue weighted by Crippen LogP contribution is -2.10. The molecule has 1 aromatic heterocycles. The number of carbonyl (C=O) groups is 2. The van der Waals surface area contributed by atoms with Crippen molar-refractivity contribution in [3.05, 3.63) is 59.3 Å². The topological polar surface area (TPSA) is 93.3 Å². The molecule has 0 bridgehead atoms. The molecule has 1 heterocycles. The van der Waals surface area contributed by atoms with Crippen LogP contribution in [0.3, 0.4) is 0 Å². The molecule has 20 heavy (non-hydrogen) atoms. The number of aromatic nitrogens is 1. The van der Waals surface area contributed by atoms with Crippen LogP contribution < -0.4 is 5.73 Å². The minimum Gasteiger partial charge on any atom is -0.478 e. The number of pyridine rings is 1. The molecule has 0 aliphatic rings. The molecule has 1 amide bonds. The average Bonchev–Trinajstić information content (AvgIpc) is 2.46. The van der Waals surface area contributed by atoms with Crippen LogP contribution in [0.15, 0.2) is 47.6 Å². The van der Waals surface area contributed by atoms with Gasteiger partial charge in [-0.2, -0.15) is 0 Å². The Labute approximate surface area is 119 Å². The molecule has 3 N–H and O–H groups in total. The fourth-order valence-corrected chi connectivity index (χ4v) is 2.31. The number of nitrogens with two attached hydrogens (primary N) is 1. The quantitative estimate of drug-likeness (QED) is 0.822. The summed E-state index contributed by atoms with van der Waals surface area (Å²) in [6.45, 7) is 0. The molecule has 0 spiro atoms. The van der Waals surface area contributed by atoms with E-state index in [4.69, 9.17) is 10.8 Å². The fraction of sp³-hybridized carbons (Fsp3) is 0.0714. The molecule has 0 aliphatic heterocycles. The van der Waals surface area contributed by atoms with Gasteiger partial charge in [0.05, 0.1) is 10.6 Å². The number of carboxylic acids is 1. The van der Waals surface area contributed by atoms with Gasteiger partial charge in [0.1, 0.15) is 0 Å². The van der Waals surface area contributed by atoms with E-state index < -0.39 is 11.9 Å². The Kier molecular flexibility index (Phi) is 4.37. The highest BCUT2D eigenvalue weighted by atomic mass is 32.2. The molecule has 5 nitrogen and oxygen atoms in total. The summed E-state index contributed by atoms with van der Waals surface area (Å²) in [6.07, 6.45) is 1.33. The predicted octanol–water partition coefficient (Wildman–Crippen LogP) is 2.17. The number of nitrogens with zero attached hydrogens (tertiary/aromatic N) is 1. The normalized spacial score (nSPS) is 10.2. The Bertz CT molecular complexity index is 566. The predicted molar refractivity (Wildman–Crippen MR) is 75.7 cm³/mol. The van der Waals surface area contributed by atoms with E-state index >= 15 is 0 Å². The number of primary amides is 1. The number of aromatic carboxylic acids is 1. The molecule has 2 aromatic rings. The number of carboxylic acid groups (broad SMARTS) is 1. The summed E-state index contributed by atoms with van der Waals surface area (Å²) < 4.78 is 0. The van der Waals surface area contributed by atoms with Crippen LogP contribution in [-0.4, -0.2) is 22.0 Å². The van der Waals surface area contributed by atoms with E-state index in [1.165, 1.54) is 24.0 Å². The van der Waals surface area contributed by atoms with Crippen LogP contribution >= 0.6 is 11.8 Å². The van der Waals surface area contributed by atoms with Crippen molar-refractivity contribution < 1.29 is 14.7 Å². The number of thioether (sulfide) groups is 1.